The van der Waals surface area contributed by atoms with E-state index in [9.17, 15) is 4.79 Å². The zero-order valence-corrected chi connectivity index (χ0v) is 11.1. The Hall–Kier alpha value is -3.13. The number of aliphatic imine (C=N–C) groups is 1. The van der Waals surface area contributed by atoms with Gasteiger partial charge < -0.3 is 9.84 Å². The van der Waals surface area contributed by atoms with Crippen LogP contribution in [0.1, 0.15) is 16.7 Å². The second-order valence-corrected chi connectivity index (χ2v) is 4.21. The van der Waals surface area contributed by atoms with Crippen molar-refractivity contribution in [3.63, 3.8) is 0 Å². The molecular weight excluding hydrogens is 268 g/mol. The Morgan fingerprint density at radius 3 is 2.43 bits per heavy atom. The fourth-order valence-corrected chi connectivity index (χ4v) is 1.62. The molecule has 5 nitrogen and oxygen atoms in total. The highest BCUT2D eigenvalue weighted by molar-refractivity contribution is 5.82. The molecule has 0 radical (unpaired) electrons. The molecule has 0 unspecified atom stereocenters. The van der Waals surface area contributed by atoms with Gasteiger partial charge in [0, 0.05) is 6.21 Å². The molecule has 0 aliphatic carbocycles. The minimum absolute atomic E-state index is 0.0228. The number of carboxylic acid groups (broad SMARTS) is 1. The van der Waals surface area contributed by atoms with Gasteiger partial charge in [-0.2, -0.15) is 5.26 Å². The van der Waals surface area contributed by atoms with Crippen LogP contribution in [-0.4, -0.2) is 17.5 Å². The summed E-state index contributed by atoms with van der Waals surface area (Å²) in [6.07, 6.45) is 0.405. The summed E-state index contributed by atoms with van der Waals surface area (Å²) in [6.45, 7) is 0.0228. The lowest BCUT2D eigenvalue weighted by Crippen LogP contribution is -1.99. The summed E-state index contributed by atoms with van der Waals surface area (Å²) in [7, 11) is 0. The molecule has 21 heavy (non-hydrogen) atoms. The zero-order valence-electron chi connectivity index (χ0n) is 11.1. The van der Waals surface area contributed by atoms with Crippen molar-refractivity contribution in [3.8, 4) is 6.07 Å². The average Bonchev–Trinajstić information content (AvgIpc) is 2.52. The van der Waals surface area contributed by atoms with Gasteiger partial charge in [0.15, 0.2) is 0 Å². The largest absolute Gasteiger partial charge is 0.506 e. The van der Waals surface area contributed by atoms with E-state index in [-0.39, 0.29) is 6.61 Å². The standard InChI is InChI=1S/C16H12N2O3/c17-9-12-1-3-13(4-2-12)10-18-15-7-5-14(6-8-15)11-21-16(19)20/h1-8,10H,11H2,(H,19,20). The molecule has 104 valence electrons. The first-order valence-electron chi connectivity index (χ1n) is 6.16. The Morgan fingerprint density at radius 1 is 1.19 bits per heavy atom. The van der Waals surface area contributed by atoms with Crippen LogP contribution in [0.3, 0.4) is 0 Å². The fraction of sp³-hybridized carbons (Fsp3) is 0.0625. The van der Waals surface area contributed by atoms with Crippen LogP contribution < -0.4 is 0 Å². The second kappa shape index (κ2) is 6.87. The molecule has 2 rings (SSSR count). The summed E-state index contributed by atoms with van der Waals surface area (Å²) in [4.78, 5) is 14.6. The normalized spacial score (nSPS) is 10.2. The van der Waals surface area contributed by atoms with Crippen molar-refractivity contribution < 1.29 is 14.6 Å². The third-order valence-electron chi connectivity index (χ3n) is 2.70. The minimum Gasteiger partial charge on any atom is -0.450 e. The first-order valence-corrected chi connectivity index (χ1v) is 6.16. The Kier molecular flexibility index (Phi) is 4.67. The maximum atomic E-state index is 10.3. The molecular formula is C16H12N2O3. The minimum atomic E-state index is -1.29. The van der Waals surface area contributed by atoms with E-state index < -0.39 is 6.16 Å². The van der Waals surface area contributed by atoms with Crippen molar-refractivity contribution in [1.29, 1.82) is 5.26 Å². The summed E-state index contributed by atoms with van der Waals surface area (Å²) in [5.41, 5.74) is 3.01. The number of rotatable bonds is 4. The Balaban J connectivity index is 2.00. The molecule has 5 heteroatoms. The third kappa shape index (κ3) is 4.48. The Morgan fingerprint density at radius 2 is 1.86 bits per heavy atom. The third-order valence-corrected chi connectivity index (χ3v) is 2.70. The molecule has 2 aromatic rings. The first kappa shape index (κ1) is 14.3. The van der Waals surface area contributed by atoms with Crippen LogP contribution >= 0.6 is 0 Å². The molecule has 0 heterocycles. The van der Waals surface area contributed by atoms with Crippen molar-refractivity contribution >= 4 is 18.1 Å². The lowest BCUT2D eigenvalue weighted by molar-refractivity contribution is 0.0854. The quantitative estimate of drug-likeness (QED) is 0.686. The highest BCUT2D eigenvalue weighted by Crippen LogP contribution is 2.14. The van der Waals surface area contributed by atoms with E-state index in [2.05, 4.69) is 15.8 Å². The maximum absolute atomic E-state index is 10.3. The lowest BCUT2D eigenvalue weighted by atomic mass is 10.1. The number of benzene rings is 2. The molecule has 0 saturated heterocycles. The van der Waals surface area contributed by atoms with E-state index in [1.54, 1.807) is 42.6 Å². The van der Waals surface area contributed by atoms with E-state index in [1.807, 2.05) is 12.1 Å². The molecule has 0 bridgehead atoms. The van der Waals surface area contributed by atoms with Crippen LogP contribution in [0.15, 0.2) is 53.5 Å². The molecule has 0 aromatic heterocycles. The predicted molar refractivity (Wildman–Crippen MR) is 77.7 cm³/mol. The van der Waals surface area contributed by atoms with Gasteiger partial charge in [0.1, 0.15) is 6.61 Å². The average molecular weight is 280 g/mol. The van der Waals surface area contributed by atoms with Crippen LogP contribution in [0.25, 0.3) is 0 Å². The van der Waals surface area contributed by atoms with Crippen LogP contribution in [0, 0.1) is 11.3 Å². The van der Waals surface area contributed by atoms with Gasteiger partial charge in [-0.3, -0.25) is 4.99 Å². The van der Waals surface area contributed by atoms with Gasteiger partial charge >= 0.3 is 6.16 Å². The van der Waals surface area contributed by atoms with Crippen molar-refractivity contribution in [2.24, 2.45) is 4.99 Å². The van der Waals surface area contributed by atoms with E-state index >= 15 is 0 Å². The maximum Gasteiger partial charge on any atom is 0.506 e. The predicted octanol–water partition coefficient (Wildman–Crippen LogP) is 3.50. The fourth-order valence-electron chi connectivity index (χ4n) is 1.62. The van der Waals surface area contributed by atoms with E-state index in [0.29, 0.717) is 5.56 Å². The van der Waals surface area contributed by atoms with E-state index in [1.165, 1.54) is 0 Å². The van der Waals surface area contributed by atoms with Gasteiger partial charge in [0.25, 0.3) is 0 Å². The summed E-state index contributed by atoms with van der Waals surface area (Å²) in [5, 5.41) is 17.1. The smallest absolute Gasteiger partial charge is 0.450 e. The molecule has 1 N–H and O–H groups in total. The molecule has 0 aliphatic rings. The second-order valence-electron chi connectivity index (χ2n) is 4.21. The van der Waals surface area contributed by atoms with E-state index in [0.717, 1.165) is 16.8 Å². The topological polar surface area (TPSA) is 82.7 Å². The molecule has 2 aromatic carbocycles. The Bertz CT molecular complexity index is 683. The van der Waals surface area contributed by atoms with Crippen LogP contribution in [-0.2, 0) is 11.3 Å². The van der Waals surface area contributed by atoms with Crippen molar-refractivity contribution in [2.75, 3.05) is 0 Å². The molecule has 0 aliphatic heterocycles. The Labute approximate surface area is 121 Å². The number of nitriles is 1. The van der Waals surface area contributed by atoms with Crippen molar-refractivity contribution in [2.45, 2.75) is 6.61 Å². The van der Waals surface area contributed by atoms with Gasteiger partial charge in [-0.05, 0) is 35.4 Å². The number of ether oxygens (including phenoxy) is 1. The zero-order chi connectivity index (χ0) is 15.1. The van der Waals surface area contributed by atoms with Gasteiger partial charge in [-0.25, -0.2) is 4.79 Å². The van der Waals surface area contributed by atoms with Crippen molar-refractivity contribution in [3.05, 3.63) is 65.2 Å². The van der Waals surface area contributed by atoms with Crippen LogP contribution in [0.4, 0.5) is 10.5 Å². The van der Waals surface area contributed by atoms with Gasteiger partial charge in [0.2, 0.25) is 0 Å². The highest BCUT2D eigenvalue weighted by Gasteiger charge is 1.98. The summed E-state index contributed by atoms with van der Waals surface area (Å²) >= 11 is 0. The SMILES string of the molecule is N#Cc1ccc(C=Nc2ccc(COC(=O)O)cc2)cc1. The molecule has 0 atom stereocenters. The summed E-state index contributed by atoms with van der Waals surface area (Å²) < 4.78 is 4.47. The monoisotopic (exact) mass is 280 g/mol. The first-order chi connectivity index (χ1) is 10.2. The number of hydrogen-bond acceptors (Lipinski definition) is 4. The molecule has 0 spiro atoms. The molecule has 0 saturated carbocycles. The molecule has 0 amide bonds. The summed E-state index contributed by atoms with van der Waals surface area (Å²) in [6, 6.07) is 16.2. The number of hydrogen-bond donors (Lipinski definition) is 1. The lowest BCUT2D eigenvalue weighted by Gasteiger charge is -2.01. The van der Waals surface area contributed by atoms with Gasteiger partial charge in [-0.15, -0.1) is 0 Å². The van der Waals surface area contributed by atoms with Gasteiger partial charge in [-0.1, -0.05) is 24.3 Å². The van der Waals surface area contributed by atoms with Crippen molar-refractivity contribution in [1.82, 2.24) is 0 Å². The van der Waals surface area contributed by atoms with Gasteiger partial charge in [0.05, 0.1) is 17.3 Å². The molecule has 0 fully saturated rings. The number of nitrogens with zero attached hydrogens (tertiary/aromatic N) is 2. The summed E-state index contributed by atoms with van der Waals surface area (Å²) in [5.74, 6) is 0. The van der Waals surface area contributed by atoms with Crippen LogP contribution in [0.5, 0.6) is 0 Å². The van der Waals surface area contributed by atoms with Crippen LogP contribution in [0.2, 0.25) is 0 Å². The number of carbonyl (C=O) groups is 1. The van der Waals surface area contributed by atoms with E-state index in [4.69, 9.17) is 10.4 Å². The highest BCUT2D eigenvalue weighted by atomic mass is 16.7.